The quantitative estimate of drug-likeness (QED) is 0.716. The summed E-state index contributed by atoms with van der Waals surface area (Å²) in [6, 6.07) is 0. The van der Waals surface area contributed by atoms with Gasteiger partial charge in [-0.3, -0.25) is 14.4 Å². The first-order chi connectivity index (χ1) is 10.0. The number of amides is 2. The lowest BCUT2D eigenvalue weighted by Gasteiger charge is -2.27. The number of imide groups is 1. The number of ketones is 1. The zero-order valence-electron chi connectivity index (χ0n) is 12.0. The Morgan fingerprint density at radius 1 is 1.38 bits per heavy atom. The molecule has 2 aliphatic rings. The lowest BCUT2D eigenvalue weighted by molar-refractivity contribution is -0.153. The van der Waals surface area contributed by atoms with Gasteiger partial charge in [0.15, 0.2) is 0 Å². The van der Waals surface area contributed by atoms with Gasteiger partial charge in [-0.05, 0) is 12.8 Å². The topological polar surface area (TPSA) is 90.0 Å². The highest BCUT2D eigenvalue weighted by Crippen LogP contribution is 2.30. The summed E-state index contributed by atoms with van der Waals surface area (Å²) in [5, 5.41) is 0. The molecule has 1 saturated carbocycles. The van der Waals surface area contributed by atoms with Crippen molar-refractivity contribution < 1.29 is 28.7 Å². The predicted molar refractivity (Wildman–Crippen MR) is 70.1 cm³/mol. The minimum Gasteiger partial charge on any atom is -0.469 e. The second-order valence-corrected chi connectivity index (χ2v) is 5.31. The van der Waals surface area contributed by atoms with Crippen LogP contribution in [0.5, 0.6) is 0 Å². The standard InChI is InChI=1S/C14H19NO6/c1-20-13(18)10(9-4-2-3-5-11(9)16)8-12(17)15-6-7-21-14(15)19/h9-10H,2-8H2,1H3. The molecule has 1 aliphatic carbocycles. The number of cyclic esters (lactones) is 1. The van der Waals surface area contributed by atoms with Crippen LogP contribution in [0.25, 0.3) is 0 Å². The van der Waals surface area contributed by atoms with E-state index in [1.165, 1.54) is 7.11 Å². The predicted octanol–water partition coefficient (Wildman–Crippen LogP) is 0.904. The average molecular weight is 297 g/mol. The van der Waals surface area contributed by atoms with Gasteiger partial charge in [-0.15, -0.1) is 0 Å². The van der Waals surface area contributed by atoms with E-state index >= 15 is 0 Å². The Morgan fingerprint density at radius 2 is 2.14 bits per heavy atom. The van der Waals surface area contributed by atoms with Crippen LogP contribution in [0.3, 0.4) is 0 Å². The third-order valence-corrected chi connectivity index (χ3v) is 4.05. The summed E-state index contributed by atoms with van der Waals surface area (Å²) in [6.45, 7) is 0.347. The number of hydrogen-bond acceptors (Lipinski definition) is 6. The summed E-state index contributed by atoms with van der Waals surface area (Å²) in [6.07, 6.45) is 1.78. The van der Waals surface area contributed by atoms with Crippen molar-refractivity contribution in [2.45, 2.75) is 32.1 Å². The highest BCUT2D eigenvalue weighted by Gasteiger charge is 2.39. The van der Waals surface area contributed by atoms with Gasteiger partial charge in [0.1, 0.15) is 12.4 Å². The summed E-state index contributed by atoms with van der Waals surface area (Å²) in [5.41, 5.74) is 0. The Labute approximate surface area is 122 Å². The molecular formula is C14H19NO6. The van der Waals surface area contributed by atoms with Gasteiger partial charge < -0.3 is 9.47 Å². The second kappa shape index (κ2) is 6.69. The summed E-state index contributed by atoms with van der Waals surface area (Å²) < 4.78 is 9.43. The first-order valence-electron chi connectivity index (χ1n) is 7.12. The van der Waals surface area contributed by atoms with E-state index in [2.05, 4.69) is 0 Å². The monoisotopic (exact) mass is 297 g/mol. The van der Waals surface area contributed by atoms with Gasteiger partial charge in [-0.25, -0.2) is 9.69 Å². The van der Waals surface area contributed by atoms with Crippen LogP contribution < -0.4 is 0 Å². The molecule has 2 unspecified atom stereocenters. The second-order valence-electron chi connectivity index (χ2n) is 5.31. The Balaban J connectivity index is 2.09. The van der Waals surface area contributed by atoms with E-state index < -0.39 is 29.8 Å². The van der Waals surface area contributed by atoms with E-state index in [1.54, 1.807) is 0 Å². The normalized spacial score (nSPS) is 23.7. The molecule has 1 heterocycles. The third-order valence-electron chi connectivity index (χ3n) is 4.05. The van der Waals surface area contributed by atoms with E-state index in [1.807, 2.05) is 0 Å². The molecule has 7 heteroatoms. The van der Waals surface area contributed by atoms with E-state index in [0.29, 0.717) is 12.8 Å². The summed E-state index contributed by atoms with van der Waals surface area (Å²) in [4.78, 5) is 48.4. The molecule has 0 spiro atoms. The van der Waals surface area contributed by atoms with Gasteiger partial charge >= 0.3 is 12.1 Å². The molecule has 0 aromatic heterocycles. The number of ether oxygens (including phenoxy) is 2. The van der Waals surface area contributed by atoms with Gasteiger partial charge in [0, 0.05) is 18.8 Å². The first kappa shape index (κ1) is 15.5. The third kappa shape index (κ3) is 3.40. The molecule has 2 rings (SSSR count). The number of nitrogens with zero attached hydrogens (tertiary/aromatic N) is 1. The fourth-order valence-corrected chi connectivity index (χ4v) is 2.89. The highest BCUT2D eigenvalue weighted by molar-refractivity contribution is 5.96. The number of Topliss-reactive ketones (excluding diaryl/α,β-unsaturated/α-hetero) is 1. The Kier molecular flexibility index (Phi) is 4.93. The molecule has 116 valence electrons. The van der Waals surface area contributed by atoms with Crippen molar-refractivity contribution in [3.8, 4) is 0 Å². The van der Waals surface area contributed by atoms with Crippen LogP contribution in [-0.2, 0) is 23.9 Å². The van der Waals surface area contributed by atoms with Crippen LogP contribution in [0, 0.1) is 11.8 Å². The van der Waals surface area contributed by atoms with Crippen LogP contribution in [-0.4, -0.2) is 48.9 Å². The molecule has 2 atom stereocenters. The average Bonchev–Trinajstić information content (AvgIpc) is 2.91. The smallest absolute Gasteiger partial charge is 0.416 e. The zero-order valence-corrected chi connectivity index (χ0v) is 12.0. The molecule has 21 heavy (non-hydrogen) atoms. The molecule has 0 radical (unpaired) electrons. The number of methoxy groups -OCH3 is 1. The number of carbonyl (C=O) groups excluding carboxylic acids is 4. The van der Waals surface area contributed by atoms with Crippen molar-refractivity contribution in [1.82, 2.24) is 4.90 Å². The number of rotatable bonds is 4. The molecule has 0 bridgehead atoms. The Hall–Kier alpha value is -1.92. The van der Waals surface area contributed by atoms with E-state index in [-0.39, 0.29) is 25.4 Å². The van der Waals surface area contributed by atoms with Gasteiger partial charge in [0.25, 0.3) is 0 Å². The van der Waals surface area contributed by atoms with Gasteiger partial charge in [-0.2, -0.15) is 0 Å². The minimum atomic E-state index is -0.816. The van der Waals surface area contributed by atoms with E-state index in [9.17, 15) is 19.2 Å². The molecule has 1 saturated heterocycles. The molecule has 0 aromatic rings. The molecule has 1 aliphatic heterocycles. The molecular weight excluding hydrogens is 278 g/mol. The largest absolute Gasteiger partial charge is 0.469 e. The van der Waals surface area contributed by atoms with Crippen LogP contribution >= 0.6 is 0 Å². The van der Waals surface area contributed by atoms with Crippen molar-refractivity contribution >= 4 is 23.8 Å². The molecule has 2 amide bonds. The lowest BCUT2D eigenvalue weighted by atomic mass is 9.77. The van der Waals surface area contributed by atoms with Crippen LogP contribution in [0.4, 0.5) is 4.79 Å². The van der Waals surface area contributed by atoms with Gasteiger partial charge in [0.05, 0.1) is 19.6 Å². The van der Waals surface area contributed by atoms with E-state index in [4.69, 9.17) is 9.47 Å². The minimum absolute atomic E-state index is 0.00607. The van der Waals surface area contributed by atoms with E-state index in [0.717, 1.165) is 17.7 Å². The summed E-state index contributed by atoms with van der Waals surface area (Å²) in [5.74, 6) is -2.38. The van der Waals surface area contributed by atoms with Crippen LogP contribution in [0.2, 0.25) is 0 Å². The maximum atomic E-state index is 12.1. The van der Waals surface area contributed by atoms with Crippen molar-refractivity contribution in [3.05, 3.63) is 0 Å². The SMILES string of the molecule is COC(=O)C(CC(=O)N1CCOC1=O)C1CCCCC1=O. The Morgan fingerprint density at radius 3 is 2.71 bits per heavy atom. The first-order valence-corrected chi connectivity index (χ1v) is 7.12. The van der Waals surface area contributed by atoms with Crippen molar-refractivity contribution in [3.63, 3.8) is 0 Å². The number of carbonyl (C=O) groups is 4. The van der Waals surface area contributed by atoms with Crippen molar-refractivity contribution in [1.29, 1.82) is 0 Å². The molecule has 0 N–H and O–H groups in total. The summed E-state index contributed by atoms with van der Waals surface area (Å²) in [7, 11) is 1.23. The zero-order chi connectivity index (χ0) is 15.4. The fraction of sp³-hybridized carbons (Fsp3) is 0.714. The van der Waals surface area contributed by atoms with Crippen molar-refractivity contribution in [2.75, 3.05) is 20.3 Å². The van der Waals surface area contributed by atoms with Crippen LogP contribution in [0.1, 0.15) is 32.1 Å². The summed E-state index contributed by atoms with van der Waals surface area (Å²) >= 11 is 0. The van der Waals surface area contributed by atoms with Crippen LogP contribution in [0.15, 0.2) is 0 Å². The lowest BCUT2D eigenvalue weighted by Crippen LogP contribution is -2.39. The molecule has 0 aromatic carbocycles. The maximum absolute atomic E-state index is 12.1. The fourth-order valence-electron chi connectivity index (χ4n) is 2.89. The van der Waals surface area contributed by atoms with Crippen molar-refractivity contribution in [2.24, 2.45) is 11.8 Å². The maximum Gasteiger partial charge on any atom is 0.416 e. The van der Waals surface area contributed by atoms with Gasteiger partial charge in [0.2, 0.25) is 5.91 Å². The number of hydrogen-bond donors (Lipinski definition) is 0. The molecule has 7 nitrogen and oxygen atoms in total. The van der Waals surface area contributed by atoms with Gasteiger partial charge in [-0.1, -0.05) is 6.42 Å². The molecule has 2 fully saturated rings. The Bertz CT molecular complexity index is 460. The highest BCUT2D eigenvalue weighted by atomic mass is 16.6. The number of esters is 1.